The monoisotopic (exact) mass is 176 g/mol. The summed E-state index contributed by atoms with van der Waals surface area (Å²) >= 11 is 0. The summed E-state index contributed by atoms with van der Waals surface area (Å²) in [5, 5.41) is 0. The van der Waals surface area contributed by atoms with Crippen LogP contribution in [0.15, 0.2) is 43.0 Å². The molecule has 70 valence electrons. The minimum Gasteiger partial charge on any atom is -0.376 e. The third kappa shape index (κ3) is 3.90. The maximum Gasteiger partial charge on any atom is 0.0717 e. The third-order valence-corrected chi connectivity index (χ3v) is 1.89. The smallest absolute Gasteiger partial charge is 0.0717 e. The van der Waals surface area contributed by atoms with E-state index in [1.165, 1.54) is 5.56 Å². The lowest BCUT2D eigenvalue weighted by molar-refractivity contribution is 0.104. The molecule has 1 atom stereocenters. The van der Waals surface area contributed by atoms with Crippen molar-refractivity contribution in [2.24, 2.45) is 5.92 Å². The van der Waals surface area contributed by atoms with Crippen molar-refractivity contribution in [3.63, 3.8) is 0 Å². The summed E-state index contributed by atoms with van der Waals surface area (Å²) in [6.07, 6.45) is 1.91. The van der Waals surface area contributed by atoms with Crippen LogP contribution in [-0.4, -0.2) is 6.61 Å². The van der Waals surface area contributed by atoms with Crippen molar-refractivity contribution in [3.8, 4) is 0 Å². The summed E-state index contributed by atoms with van der Waals surface area (Å²) < 4.78 is 5.50. The Hall–Kier alpha value is -1.08. The molecule has 0 fully saturated rings. The molecule has 0 aromatic heterocycles. The van der Waals surface area contributed by atoms with Crippen molar-refractivity contribution < 1.29 is 4.74 Å². The van der Waals surface area contributed by atoms with Gasteiger partial charge in [0.1, 0.15) is 0 Å². The average molecular weight is 176 g/mol. The molecule has 1 rings (SSSR count). The molecule has 0 aliphatic heterocycles. The summed E-state index contributed by atoms with van der Waals surface area (Å²) in [7, 11) is 0. The number of rotatable bonds is 5. The molecule has 0 radical (unpaired) electrons. The first-order chi connectivity index (χ1) is 6.33. The minimum absolute atomic E-state index is 0.434. The van der Waals surface area contributed by atoms with Crippen molar-refractivity contribution in [2.45, 2.75) is 13.5 Å². The Balaban J connectivity index is 2.24. The molecule has 13 heavy (non-hydrogen) atoms. The van der Waals surface area contributed by atoms with Crippen LogP contribution in [0, 0.1) is 5.92 Å². The Morgan fingerprint density at radius 2 is 2.08 bits per heavy atom. The van der Waals surface area contributed by atoms with Gasteiger partial charge in [-0.2, -0.15) is 0 Å². The largest absolute Gasteiger partial charge is 0.376 e. The second-order valence-corrected chi connectivity index (χ2v) is 3.21. The highest BCUT2D eigenvalue weighted by atomic mass is 16.5. The Labute approximate surface area is 80.0 Å². The van der Waals surface area contributed by atoms with Crippen LogP contribution in [0.25, 0.3) is 0 Å². The predicted octanol–water partition coefficient (Wildman–Crippen LogP) is 3.03. The summed E-state index contributed by atoms with van der Waals surface area (Å²) in [4.78, 5) is 0. The molecule has 0 saturated heterocycles. The average Bonchev–Trinajstić information content (AvgIpc) is 2.19. The summed E-state index contributed by atoms with van der Waals surface area (Å²) in [6, 6.07) is 10.2. The Morgan fingerprint density at radius 1 is 1.38 bits per heavy atom. The standard InChI is InChI=1S/C12H16O/c1-3-11(2)9-13-10-12-7-5-4-6-8-12/h3-8,11H,1,9-10H2,2H3. The number of hydrogen-bond acceptors (Lipinski definition) is 1. The van der Waals surface area contributed by atoms with E-state index >= 15 is 0 Å². The molecule has 0 amide bonds. The second kappa shape index (κ2) is 5.55. The highest BCUT2D eigenvalue weighted by Crippen LogP contribution is 2.03. The van der Waals surface area contributed by atoms with Crippen molar-refractivity contribution in [1.29, 1.82) is 0 Å². The highest BCUT2D eigenvalue weighted by Gasteiger charge is 1.96. The Bertz CT molecular complexity index is 241. The van der Waals surface area contributed by atoms with Crippen LogP contribution >= 0.6 is 0 Å². The molecule has 0 N–H and O–H groups in total. The van der Waals surface area contributed by atoms with E-state index in [0.717, 1.165) is 6.61 Å². The summed E-state index contributed by atoms with van der Waals surface area (Å²) in [5.41, 5.74) is 1.22. The van der Waals surface area contributed by atoms with E-state index in [-0.39, 0.29) is 0 Å². The molecular weight excluding hydrogens is 160 g/mol. The van der Waals surface area contributed by atoms with E-state index in [0.29, 0.717) is 12.5 Å². The zero-order valence-electron chi connectivity index (χ0n) is 8.07. The van der Waals surface area contributed by atoms with Gasteiger partial charge in [-0.3, -0.25) is 0 Å². The van der Waals surface area contributed by atoms with Gasteiger partial charge in [-0.05, 0) is 11.5 Å². The first-order valence-corrected chi connectivity index (χ1v) is 4.57. The zero-order valence-corrected chi connectivity index (χ0v) is 8.07. The van der Waals surface area contributed by atoms with Crippen LogP contribution in [0.3, 0.4) is 0 Å². The van der Waals surface area contributed by atoms with Gasteiger partial charge in [-0.25, -0.2) is 0 Å². The van der Waals surface area contributed by atoms with E-state index in [1.807, 2.05) is 24.3 Å². The van der Waals surface area contributed by atoms with Crippen LogP contribution in [0.5, 0.6) is 0 Å². The predicted molar refractivity (Wildman–Crippen MR) is 55.5 cm³/mol. The molecule has 0 saturated carbocycles. The first-order valence-electron chi connectivity index (χ1n) is 4.57. The summed E-state index contributed by atoms with van der Waals surface area (Å²) in [6.45, 7) is 7.24. The van der Waals surface area contributed by atoms with Crippen LogP contribution in [0.1, 0.15) is 12.5 Å². The zero-order chi connectivity index (χ0) is 9.52. The molecule has 0 aliphatic rings. The van der Waals surface area contributed by atoms with Crippen LogP contribution in [-0.2, 0) is 11.3 Å². The van der Waals surface area contributed by atoms with Crippen LogP contribution in [0.4, 0.5) is 0 Å². The number of benzene rings is 1. The lowest BCUT2D eigenvalue weighted by atomic mass is 10.2. The minimum atomic E-state index is 0.434. The van der Waals surface area contributed by atoms with Gasteiger partial charge in [0, 0.05) is 0 Å². The van der Waals surface area contributed by atoms with E-state index < -0.39 is 0 Å². The molecule has 1 heteroatoms. The molecule has 0 spiro atoms. The van der Waals surface area contributed by atoms with Gasteiger partial charge in [0.15, 0.2) is 0 Å². The van der Waals surface area contributed by atoms with E-state index in [2.05, 4.69) is 25.6 Å². The van der Waals surface area contributed by atoms with E-state index in [4.69, 9.17) is 4.74 Å². The van der Waals surface area contributed by atoms with Crippen molar-refractivity contribution in [3.05, 3.63) is 48.6 Å². The Kier molecular flexibility index (Phi) is 4.27. The van der Waals surface area contributed by atoms with Crippen molar-refractivity contribution in [1.82, 2.24) is 0 Å². The third-order valence-electron chi connectivity index (χ3n) is 1.89. The first kappa shape index (κ1) is 10.0. The van der Waals surface area contributed by atoms with Gasteiger partial charge < -0.3 is 4.74 Å². The fourth-order valence-electron chi connectivity index (χ4n) is 1.00. The molecule has 1 nitrogen and oxygen atoms in total. The lowest BCUT2D eigenvalue weighted by Gasteiger charge is -2.06. The normalized spacial score (nSPS) is 12.4. The molecule has 1 unspecified atom stereocenters. The number of hydrogen-bond donors (Lipinski definition) is 0. The molecule has 1 aromatic rings. The van der Waals surface area contributed by atoms with Gasteiger partial charge in [0.25, 0.3) is 0 Å². The molecule has 0 bridgehead atoms. The summed E-state index contributed by atoms with van der Waals surface area (Å²) in [5.74, 6) is 0.434. The SMILES string of the molecule is C=CC(C)COCc1ccccc1. The Morgan fingerprint density at radius 3 is 2.69 bits per heavy atom. The van der Waals surface area contributed by atoms with Crippen molar-refractivity contribution >= 4 is 0 Å². The van der Waals surface area contributed by atoms with Gasteiger partial charge in [-0.15, -0.1) is 6.58 Å². The highest BCUT2D eigenvalue weighted by molar-refractivity contribution is 5.13. The van der Waals surface area contributed by atoms with Gasteiger partial charge in [0.2, 0.25) is 0 Å². The second-order valence-electron chi connectivity index (χ2n) is 3.21. The van der Waals surface area contributed by atoms with Crippen LogP contribution in [0.2, 0.25) is 0 Å². The van der Waals surface area contributed by atoms with Gasteiger partial charge >= 0.3 is 0 Å². The van der Waals surface area contributed by atoms with Gasteiger partial charge in [0.05, 0.1) is 13.2 Å². The molecule has 0 heterocycles. The topological polar surface area (TPSA) is 9.23 Å². The van der Waals surface area contributed by atoms with E-state index in [9.17, 15) is 0 Å². The molecule has 1 aromatic carbocycles. The fraction of sp³-hybridized carbons (Fsp3) is 0.333. The fourth-order valence-corrected chi connectivity index (χ4v) is 1.00. The lowest BCUT2D eigenvalue weighted by Crippen LogP contribution is -2.02. The number of ether oxygens (including phenoxy) is 1. The quantitative estimate of drug-likeness (QED) is 0.626. The van der Waals surface area contributed by atoms with E-state index in [1.54, 1.807) is 0 Å². The maximum atomic E-state index is 5.50. The van der Waals surface area contributed by atoms with Crippen LogP contribution < -0.4 is 0 Å². The maximum absolute atomic E-state index is 5.50. The van der Waals surface area contributed by atoms with Gasteiger partial charge in [-0.1, -0.05) is 43.3 Å². The molecular formula is C12H16O. The molecule has 0 aliphatic carbocycles. The van der Waals surface area contributed by atoms with Crippen molar-refractivity contribution in [2.75, 3.05) is 6.61 Å².